The van der Waals surface area contributed by atoms with E-state index in [0.717, 1.165) is 0 Å². The second kappa shape index (κ2) is 2.55. The van der Waals surface area contributed by atoms with Gasteiger partial charge in [-0.05, 0) is 12.1 Å². The molecule has 12 heavy (non-hydrogen) atoms. The highest BCUT2D eigenvalue weighted by Gasteiger charge is 2.05. The molecule has 0 unspecified atom stereocenters. The molecule has 2 heteroatoms. The molecule has 2 aromatic rings. The first-order valence-corrected chi connectivity index (χ1v) is 3.98. The number of aromatic nitrogens is 2. The van der Waals surface area contributed by atoms with Gasteiger partial charge >= 0.3 is 0 Å². The van der Waals surface area contributed by atoms with Crippen LogP contribution in [0.4, 0.5) is 0 Å². The van der Waals surface area contributed by atoms with Gasteiger partial charge in [-0.2, -0.15) is 4.57 Å². The average molecular weight is 159 g/mol. The van der Waals surface area contributed by atoms with Crippen LogP contribution < -0.4 is 4.57 Å². The predicted octanol–water partition coefficient (Wildman–Crippen LogP) is 1.37. The van der Waals surface area contributed by atoms with Crippen LogP contribution in [0.15, 0.2) is 30.6 Å². The number of nitrogens with zero attached hydrogens (tertiary/aromatic N) is 2. The summed E-state index contributed by atoms with van der Waals surface area (Å²) in [5.74, 6) is 0. The van der Waals surface area contributed by atoms with Gasteiger partial charge in [-0.15, -0.1) is 0 Å². The van der Waals surface area contributed by atoms with Crippen molar-refractivity contribution in [3.8, 4) is 0 Å². The Kier molecular flexibility index (Phi) is 1.54. The molecule has 0 radical (unpaired) electrons. The fourth-order valence-electron chi connectivity index (χ4n) is 1.33. The van der Waals surface area contributed by atoms with Gasteiger partial charge in [0.1, 0.15) is 7.05 Å². The fourth-order valence-corrected chi connectivity index (χ4v) is 1.33. The Morgan fingerprint density at radius 2 is 2.08 bits per heavy atom. The minimum Gasteiger partial charge on any atom is -0.258 e. The Labute approximate surface area is 71.5 Å². The average Bonchev–Trinajstić information content (AvgIpc) is 2.12. The van der Waals surface area contributed by atoms with Gasteiger partial charge in [-0.25, -0.2) is 0 Å². The van der Waals surface area contributed by atoms with Crippen molar-refractivity contribution in [3.05, 3.63) is 36.3 Å². The Morgan fingerprint density at radius 1 is 1.25 bits per heavy atom. The van der Waals surface area contributed by atoms with Crippen LogP contribution in [0.1, 0.15) is 5.69 Å². The highest BCUT2D eigenvalue weighted by molar-refractivity contribution is 5.73. The summed E-state index contributed by atoms with van der Waals surface area (Å²) in [4.78, 5) is 4.09. The van der Waals surface area contributed by atoms with Crippen molar-refractivity contribution in [1.82, 2.24) is 4.98 Å². The van der Waals surface area contributed by atoms with Gasteiger partial charge in [-0.1, -0.05) is 0 Å². The zero-order chi connectivity index (χ0) is 8.55. The molecular weight excluding hydrogens is 148 g/mol. The normalized spacial score (nSPS) is 10.5. The van der Waals surface area contributed by atoms with E-state index in [-0.39, 0.29) is 0 Å². The van der Waals surface area contributed by atoms with E-state index in [2.05, 4.69) is 35.7 Å². The quantitative estimate of drug-likeness (QED) is 0.530. The summed E-state index contributed by atoms with van der Waals surface area (Å²) in [7, 11) is 2.05. The van der Waals surface area contributed by atoms with Gasteiger partial charge in [-0.3, -0.25) is 4.98 Å². The molecule has 0 N–H and O–H groups in total. The number of pyridine rings is 2. The molecule has 0 amide bonds. The number of rotatable bonds is 0. The van der Waals surface area contributed by atoms with Crippen molar-refractivity contribution in [2.75, 3.05) is 0 Å². The van der Waals surface area contributed by atoms with Crippen LogP contribution in [0.3, 0.4) is 0 Å². The monoisotopic (exact) mass is 159 g/mol. The Morgan fingerprint density at radius 3 is 2.92 bits per heavy atom. The van der Waals surface area contributed by atoms with Crippen molar-refractivity contribution in [2.45, 2.75) is 6.92 Å². The van der Waals surface area contributed by atoms with E-state index in [9.17, 15) is 0 Å². The van der Waals surface area contributed by atoms with Crippen molar-refractivity contribution in [2.24, 2.45) is 7.05 Å². The maximum atomic E-state index is 4.09. The Bertz CT molecular complexity index is 421. The summed E-state index contributed by atoms with van der Waals surface area (Å²) in [5.41, 5.74) is 2.42. The lowest BCUT2D eigenvalue weighted by atomic mass is 10.2. The summed E-state index contributed by atoms with van der Waals surface area (Å²) in [6, 6.07) is 6.25. The molecule has 2 aromatic heterocycles. The standard InChI is InChI=1S/C10H11N2/c1-8-3-4-9-5-6-11-7-10(9)12(8)2/h3-7H,1-2H3/q+1. The summed E-state index contributed by atoms with van der Waals surface area (Å²) in [6.07, 6.45) is 3.71. The molecule has 0 aromatic carbocycles. The molecule has 0 atom stereocenters. The molecule has 0 saturated carbocycles. The summed E-state index contributed by atoms with van der Waals surface area (Å²) in [6.45, 7) is 2.09. The smallest absolute Gasteiger partial charge is 0.230 e. The third-order valence-electron chi connectivity index (χ3n) is 2.23. The first-order chi connectivity index (χ1) is 5.79. The van der Waals surface area contributed by atoms with E-state index in [4.69, 9.17) is 0 Å². The van der Waals surface area contributed by atoms with Crippen molar-refractivity contribution >= 4 is 10.9 Å². The zero-order valence-corrected chi connectivity index (χ0v) is 7.28. The molecule has 0 aliphatic carbocycles. The van der Waals surface area contributed by atoms with Gasteiger partial charge in [0.05, 0.1) is 6.20 Å². The number of hydrogen-bond donors (Lipinski definition) is 0. The minimum atomic E-state index is 1.18. The van der Waals surface area contributed by atoms with Crippen molar-refractivity contribution < 1.29 is 4.57 Å². The van der Waals surface area contributed by atoms with Crippen molar-refractivity contribution in [1.29, 1.82) is 0 Å². The molecule has 0 aliphatic rings. The van der Waals surface area contributed by atoms with Crippen LogP contribution in [-0.4, -0.2) is 4.98 Å². The molecule has 0 aliphatic heterocycles. The first kappa shape index (κ1) is 7.22. The second-order valence-electron chi connectivity index (χ2n) is 2.97. The molecule has 60 valence electrons. The third kappa shape index (κ3) is 0.961. The number of fused-ring (bicyclic) bond motifs is 1. The molecule has 0 bridgehead atoms. The second-order valence-corrected chi connectivity index (χ2v) is 2.97. The lowest BCUT2D eigenvalue weighted by molar-refractivity contribution is -0.651. The number of hydrogen-bond acceptors (Lipinski definition) is 1. The van der Waals surface area contributed by atoms with Crippen LogP contribution in [0, 0.1) is 6.92 Å². The maximum absolute atomic E-state index is 4.09. The van der Waals surface area contributed by atoms with Crippen LogP contribution in [-0.2, 0) is 7.05 Å². The minimum absolute atomic E-state index is 1.18. The molecule has 0 fully saturated rings. The predicted molar refractivity (Wildman–Crippen MR) is 47.7 cm³/mol. The molecule has 2 rings (SSSR count). The summed E-state index contributed by atoms with van der Waals surface area (Å²) < 4.78 is 2.14. The largest absolute Gasteiger partial charge is 0.258 e. The fraction of sp³-hybridized carbons (Fsp3) is 0.200. The van der Waals surface area contributed by atoms with E-state index in [1.54, 1.807) is 0 Å². The summed E-state index contributed by atoms with van der Waals surface area (Å²) >= 11 is 0. The molecule has 2 heterocycles. The highest BCUT2D eigenvalue weighted by Crippen LogP contribution is 2.07. The van der Waals surface area contributed by atoms with E-state index < -0.39 is 0 Å². The molecule has 0 spiro atoms. The topological polar surface area (TPSA) is 16.8 Å². The zero-order valence-electron chi connectivity index (χ0n) is 7.28. The van der Waals surface area contributed by atoms with Crippen LogP contribution in [0.25, 0.3) is 10.9 Å². The maximum Gasteiger partial charge on any atom is 0.230 e. The molecule has 0 saturated heterocycles. The van der Waals surface area contributed by atoms with E-state index in [1.807, 2.05) is 18.5 Å². The van der Waals surface area contributed by atoms with Crippen molar-refractivity contribution in [3.63, 3.8) is 0 Å². The van der Waals surface area contributed by atoms with Gasteiger partial charge in [0.25, 0.3) is 0 Å². The van der Waals surface area contributed by atoms with E-state index in [1.165, 1.54) is 16.6 Å². The Hall–Kier alpha value is -1.44. The van der Waals surface area contributed by atoms with Gasteiger partial charge in [0.15, 0.2) is 5.69 Å². The van der Waals surface area contributed by atoms with Crippen LogP contribution in [0.5, 0.6) is 0 Å². The first-order valence-electron chi connectivity index (χ1n) is 3.98. The van der Waals surface area contributed by atoms with Crippen LogP contribution >= 0.6 is 0 Å². The van der Waals surface area contributed by atoms with Gasteiger partial charge in [0.2, 0.25) is 5.52 Å². The van der Waals surface area contributed by atoms with Gasteiger partial charge in [0, 0.05) is 24.6 Å². The van der Waals surface area contributed by atoms with E-state index >= 15 is 0 Å². The lowest BCUT2D eigenvalue weighted by Gasteiger charge is -1.97. The van der Waals surface area contributed by atoms with E-state index in [0.29, 0.717) is 0 Å². The van der Waals surface area contributed by atoms with Crippen LogP contribution in [0.2, 0.25) is 0 Å². The lowest BCUT2D eigenvalue weighted by Crippen LogP contribution is -2.32. The molecular formula is C10H11N2+. The van der Waals surface area contributed by atoms with Gasteiger partial charge < -0.3 is 0 Å². The third-order valence-corrected chi connectivity index (χ3v) is 2.23. The Balaban J connectivity index is 2.91. The molecule has 2 nitrogen and oxygen atoms in total. The summed E-state index contributed by atoms with van der Waals surface area (Å²) in [5, 5.41) is 1.23. The highest BCUT2D eigenvalue weighted by atomic mass is 14.9. The SMILES string of the molecule is Cc1ccc2ccncc2[n+]1C. The number of aryl methyl sites for hydroxylation is 2.